The number of hydrogen-bond donors (Lipinski definition) is 3. The quantitative estimate of drug-likeness (QED) is 0.147. The summed E-state index contributed by atoms with van der Waals surface area (Å²) in [5, 5.41) is 42.2. The molecule has 1 aliphatic heterocycles. The van der Waals surface area contributed by atoms with Crippen LogP contribution < -0.4 is 5.32 Å². The van der Waals surface area contributed by atoms with Crippen LogP contribution in [0.5, 0.6) is 0 Å². The van der Waals surface area contributed by atoms with E-state index in [0.29, 0.717) is 40.3 Å². The van der Waals surface area contributed by atoms with Crippen LogP contribution in [0.25, 0.3) is 22.2 Å². The number of aromatic nitrogens is 4. The maximum absolute atomic E-state index is 13.0. The highest BCUT2D eigenvalue weighted by Gasteiger charge is 2.24. The fourth-order valence-corrected chi connectivity index (χ4v) is 4.99. The van der Waals surface area contributed by atoms with E-state index in [1.807, 2.05) is 18.2 Å². The molecule has 42 heavy (non-hydrogen) atoms. The molecule has 2 aromatic carbocycles. The van der Waals surface area contributed by atoms with Gasteiger partial charge in [-0.15, -0.1) is 5.10 Å². The van der Waals surface area contributed by atoms with E-state index < -0.39 is 16.6 Å². The number of hydrogen-bond acceptors (Lipinski definition) is 10. The topological polar surface area (TPSA) is 170 Å². The molecule has 0 amide bonds. The number of carbonyl (C=O) groups is 1. The number of anilines is 1. The summed E-state index contributed by atoms with van der Waals surface area (Å²) in [7, 11) is 0. The van der Waals surface area contributed by atoms with E-state index in [2.05, 4.69) is 15.6 Å². The highest BCUT2D eigenvalue weighted by Crippen LogP contribution is 2.33. The largest absolute Gasteiger partial charge is 0.443 e. The average Bonchev–Trinajstić information content (AvgIpc) is 3.56. The number of aliphatic hydroxyl groups excluding tert-OH is 1. The van der Waals surface area contributed by atoms with Crippen molar-refractivity contribution >= 4 is 34.6 Å². The maximum atomic E-state index is 13.0. The van der Waals surface area contributed by atoms with Gasteiger partial charge in [-0.05, 0) is 57.7 Å². The minimum absolute atomic E-state index is 0.142. The number of nitrogens with zero attached hydrogens (tertiary/aromatic N) is 5. The molecule has 5 rings (SSSR count). The Labute approximate surface area is 241 Å². The lowest BCUT2D eigenvalue weighted by molar-refractivity contribution is -0.384. The number of nitro groups is 1. The third kappa shape index (κ3) is 6.16. The summed E-state index contributed by atoms with van der Waals surface area (Å²) in [5.41, 5.74) is 2.56. The lowest BCUT2D eigenvalue weighted by Crippen LogP contribution is -2.28. The molecule has 0 aliphatic carbocycles. The number of rotatable bonds is 8. The first-order chi connectivity index (χ1) is 20.1. The van der Waals surface area contributed by atoms with Crippen molar-refractivity contribution < 1.29 is 24.3 Å². The molecule has 1 saturated heterocycles. The molecule has 1 atom stereocenters. The van der Waals surface area contributed by atoms with Gasteiger partial charge in [0.15, 0.2) is 0 Å². The molecule has 220 valence electrons. The number of aliphatic hydroxyl groups is 1. The van der Waals surface area contributed by atoms with Gasteiger partial charge in [0.1, 0.15) is 17.5 Å². The van der Waals surface area contributed by atoms with Crippen LogP contribution in [0, 0.1) is 15.5 Å². The predicted octanol–water partition coefficient (Wildman–Crippen LogP) is 5.07. The molecular weight excluding hydrogens is 542 g/mol. The van der Waals surface area contributed by atoms with Crippen LogP contribution in [0.4, 0.5) is 16.2 Å². The second-order valence-electron chi connectivity index (χ2n) is 11.2. The number of carbonyl (C=O) groups excluding carboxylic acids is 1. The smallest absolute Gasteiger partial charge is 0.419 e. The first-order valence-corrected chi connectivity index (χ1v) is 13.7. The van der Waals surface area contributed by atoms with E-state index in [0.717, 1.165) is 36.4 Å². The Balaban J connectivity index is 1.46. The molecule has 13 nitrogen and oxygen atoms in total. The van der Waals surface area contributed by atoms with Gasteiger partial charge in [0.25, 0.3) is 5.69 Å². The highest BCUT2D eigenvalue weighted by atomic mass is 16.6. The number of nitrogens with one attached hydrogen (secondary N) is 2. The van der Waals surface area contributed by atoms with Crippen LogP contribution in [0.3, 0.4) is 0 Å². The van der Waals surface area contributed by atoms with E-state index in [1.165, 1.54) is 16.7 Å². The van der Waals surface area contributed by atoms with E-state index in [1.54, 1.807) is 37.7 Å². The second-order valence-corrected chi connectivity index (χ2v) is 11.2. The van der Waals surface area contributed by atoms with Crippen LogP contribution in [0.2, 0.25) is 0 Å². The molecule has 4 aromatic rings. The minimum Gasteiger partial charge on any atom is -0.443 e. The lowest BCUT2D eigenvalue weighted by atomic mass is 10.0. The molecule has 2 aromatic heterocycles. The molecule has 0 radical (unpaired) electrons. The van der Waals surface area contributed by atoms with E-state index in [-0.39, 0.29) is 25.1 Å². The van der Waals surface area contributed by atoms with Crippen molar-refractivity contribution in [2.24, 2.45) is 0 Å². The standard InChI is InChI=1S/C29H33N7O6/c1-29(2,3)42-28(38)35-21(17-37)11-19-8-7-18(10-26(19)35)15-34-16-25(32-33-34)22-12-20(36(39)40)13-24(23(22)14-30)31-27-6-4-5-9-41-27/h7-8,10-14,16,27,30-31,37H,4-6,9,15,17H2,1-3H3. The molecule has 3 heterocycles. The Morgan fingerprint density at radius 1 is 1.29 bits per heavy atom. The first-order valence-electron chi connectivity index (χ1n) is 13.7. The molecule has 13 heteroatoms. The Morgan fingerprint density at radius 2 is 2.10 bits per heavy atom. The summed E-state index contributed by atoms with van der Waals surface area (Å²) < 4.78 is 14.2. The van der Waals surface area contributed by atoms with Gasteiger partial charge in [-0.2, -0.15) is 0 Å². The number of non-ortho nitro benzene ring substituents is 1. The predicted molar refractivity (Wildman–Crippen MR) is 156 cm³/mol. The number of fused-ring (bicyclic) bond motifs is 1. The van der Waals surface area contributed by atoms with Gasteiger partial charge in [0.2, 0.25) is 0 Å². The van der Waals surface area contributed by atoms with Crippen LogP contribution in [0.1, 0.15) is 56.9 Å². The molecule has 1 fully saturated rings. The summed E-state index contributed by atoms with van der Waals surface area (Å²) in [6.07, 6.45) is 4.60. The Morgan fingerprint density at radius 3 is 2.76 bits per heavy atom. The van der Waals surface area contributed by atoms with E-state index in [4.69, 9.17) is 14.9 Å². The summed E-state index contributed by atoms with van der Waals surface area (Å²) in [6, 6.07) is 10.1. The molecule has 1 unspecified atom stereocenters. The van der Waals surface area contributed by atoms with E-state index >= 15 is 0 Å². The molecule has 3 N–H and O–H groups in total. The fourth-order valence-electron chi connectivity index (χ4n) is 4.99. The zero-order valence-electron chi connectivity index (χ0n) is 23.7. The maximum Gasteiger partial charge on any atom is 0.419 e. The Hall–Kier alpha value is -4.62. The molecule has 0 spiro atoms. The molecule has 1 aliphatic rings. The van der Waals surface area contributed by atoms with Crippen LogP contribution in [0.15, 0.2) is 42.6 Å². The van der Waals surface area contributed by atoms with Gasteiger partial charge in [0, 0.05) is 41.5 Å². The zero-order valence-corrected chi connectivity index (χ0v) is 23.7. The van der Waals surface area contributed by atoms with Crippen molar-refractivity contribution in [3.8, 4) is 11.3 Å². The Kier molecular flexibility index (Phi) is 8.05. The van der Waals surface area contributed by atoms with E-state index in [9.17, 15) is 20.0 Å². The monoisotopic (exact) mass is 575 g/mol. The van der Waals surface area contributed by atoms with Crippen molar-refractivity contribution in [1.82, 2.24) is 19.6 Å². The van der Waals surface area contributed by atoms with Gasteiger partial charge < -0.3 is 25.3 Å². The summed E-state index contributed by atoms with van der Waals surface area (Å²) in [4.78, 5) is 24.2. The number of ether oxygens (including phenoxy) is 2. The van der Waals surface area contributed by atoms with Gasteiger partial charge in [-0.25, -0.2) is 14.0 Å². The molecule has 0 saturated carbocycles. The fraction of sp³-hybridized carbons (Fsp3) is 0.379. The van der Waals surface area contributed by atoms with Gasteiger partial charge in [-0.3, -0.25) is 10.1 Å². The highest BCUT2D eigenvalue weighted by molar-refractivity contribution is 5.96. The summed E-state index contributed by atoms with van der Waals surface area (Å²) in [6.45, 7) is 5.87. The van der Waals surface area contributed by atoms with Crippen LogP contribution in [-0.4, -0.2) is 60.3 Å². The third-order valence-corrected chi connectivity index (χ3v) is 6.86. The van der Waals surface area contributed by atoms with Crippen molar-refractivity contribution in [3.63, 3.8) is 0 Å². The lowest BCUT2D eigenvalue weighted by Gasteiger charge is -2.25. The van der Waals surface area contributed by atoms with Crippen molar-refractivity contribution in [3.05, 3.63) is 69.5 Å². The average molecular weight is 576 g/mol. The first kappa shape index (κ1) is 28.9. The van der Waals surface area contributed by atoms with Gasteiger partial charge in [-0.1, -0.05) is 17.3 Å². The number of benzene rings is 2. The summed E-state index contributed by atoms with van der Waals surface area (Å²) >= 11 is 0. The van der Waals surface area contributed by atoms with Crippen LogP contribution in [-0.2, 0) is 22.6 Å². The van der Waals surface area contributed by atoms with Crippen molar-refractivity contribution in [2.75, 3.05) is 11.9 Å². The minimum atomic E-state index is -0.713. The molecular formula is C29H33N7O6. The molecule has 0 bridgehead atoms. The number of nitro benzene ring substituents is 1. The van der Waals surface area contributed by atoms with Crippen molar-refractivity contribution in [2.45, 2.75) is 65.0 Å². The second kappa shape index (κ2) is 11.7. The van der Waals surface area contributed by atoms with Crippen molar-refractivity contribution in [1.29, 1.82) is 5.41 Å². The zero-order chi connectivity index (χ0) is 30.0. The third-order valence-electron chi connectivity index (χ3n) is 6.86. The summed E-state index contributed by atoms with van der Waals surface area (Å²) in [5.74, 6) is 0. The Bertz CT molecular complexity index is 1650. The van der Waals surface area contributed by atoms with Gasteiger partial charge in [0.05, 0.1) is 41.2 Å². The normalized spacial score (nSPS) is 15.5. The van der Waals surface area contributed by atoms with Crippen LogP contribution >= 0.6 is 0 Å². The van der Waals surface area contributed by atoms with Gasteiger partial charge >= 0.3 is 6.09 Å². The SMILES string of the molecule is CC(C)(C)OC(=O)n1c(CO)cc2ccc(Cn3cc(-c4cc([N+](=O)[O-])cc(NC5CCCCO5)c4C=N)nn3)cc21.